The molecule has 0 aliphatic heterocycles. The molecule has 0 saturated heterocycles. The minimum absolute atomic E-state index is 0.572. The number of hydrogen-bond acceptors (Lipinski definition) is 2. The maximum atomic E-state index is 13.6. The SMILES string of the molecule is COC(=O)/C=C/[C@@H]1C(c2ccc(Br)cc2)C1(F)F. The Bertz CT molecular complexity index is 482. The monoisotopic (exact) mass is 316 g/mol. The third-order valence-corrected chi connectivity index (χ3v) is 3.51. The first-order valence-corrected chi connectivity index (χ1v) is 6.15. The molecule has 5 heteroatoms. The van der Waals surface area contributed by atoms with Crippen LogP contribution in [0, 0.1) is 5.92 Å². The fourth-order valence-electron chi connectivity index (χ4n) is 1.94. The Labute approximate surface area is 112 Å². The van der Waals surface area contributed by atoms with Gasteiger partial charge in [-0.25, -0.2) is 13.6 Å². The van der Waals surface area contributed by atoms with E-state index in [0.717, 1.165) is 10.5 Å². The molecule has 1 aliphatic carbocycles. The van der Waals surface area contributed by atoms with Crippen LogP contribution in [0.1, 0.15) is 11.5 Å². The summed E-state index contributed by atoms with van der Waals surface area (Å²) in [6, 6.07) is 6.78. The lowest BCUT2D eigenvalue weighted by Crippen LogP contribution is -1.96. The Morgan fingerprint density at radius 3 is 2.56 bits per heavy atom. The zero-order valence-electron chi connectivity index (χ0n) is 9.57. The number of methoxy groups -OCH3 is 1. The van der Waals surface area contributed by atoms with E-state index in [1.807, 2.05) is 0 Å². The molecule has 1 unspecified atom stereocenters. The van der Waals surface area contributed by atoms with E-state index in [4.69, 9.17) is 0 Å². The van der Waals surface area contributed by atoms with Crippen LogP contribution in [-0.4, -0.2) is 19.0 Å². The Kier molecular flexibility index (Phi) is 3.52. The Balaban J connectivity index is 2.13. The molecule has 18 heavy (non-hydrogen) atoms. The average molecular weight is 317 g/mol. The number of esters is 1. The van der Waals surface area contributed by atoms with Crippen LogP contribution in [0.15, 0.2) is 40.9 Å². The second-order valence-electron chi connectivity index (χ2n) is 4.11. The quantitative estimate of drug-likeness (QED) is 0.630. The zero-order chi connectivity index (χ0) is 13.3. The number of carbonyl (C=O) groups is 1. The summed E-state index contributed by atoms with van der Waals surface area (Å²) in [5.74, 6) is -5.20. The number of rotatable bonds is 3. The molecule has 0 spiro atoms. The van der Waals surface area contributed by atoms with Crippen molar-refractivity contribution in [3.05, 3.63) is 46.5 Å². The van der Waals surface area contributed by atoms with Crippen LogP contribution in [0.3, 0.4) is 0 Å². The summed E-state index contributed by atoms with van der Waals surface area (Å²) in [7, 11) is 1.21. The van der Waals surface area contributed by atoms with E-state index in [1.165, 1.54) is 13.2 Å². The molecule has 0 amide bonds. The van der Waals surface area contributed by atoms with E-state index in [-0.39, 0.29) is 0 Å². The van der Waals surface area contributed by atoms with Gasteiger partial charge in [0.1, 0.15) is 0 Å². The number of halogens is 3. The highest BCUT2D eigenvalue weighted by Crippen LogP contribution is 2.62. The maximum Gasteiger partial charge on any atom is 0.330 e. The molecule has 96 valence electrons. The molecule has 0 N–H and O–H groups in total. The second-order valence-corrected chi connectivity index (χ2v) is 5.03. The van der Waals surface area contributed by atoms with Crippen LogP contribution in [0.25, 0.3) is 0 Å². The van der Waals surface area contributed by atoms with Gasteiger partial charge in [-0.1, -0.05) is 34.1 Å². The van der Waals surface area contributed by atoms with Crippen molar-refractivity contribution in [1.29, 1.82) is 0 Å². The predicted octanol–water partition coefficient (Wildman–Crippen LogP) is 3.53. The zero-order valence-corrected chi connectivity index (χ0v) is 11.2. The molecule has 1 saturated carbocycles. The Morgan fingerprint density at radius 1 is 1.39 bits per heavy atom. The molecule has 0 bridgehead atoms. The molecule has 0 radical (unpaired) electrons. The third-order valence-electron chi connectivity index (χ3n) is 2.98. The summed E-state index contributed by atoms with van der Waals surface area (Å²) in [5, 5.41) is 0. The summed E-state index contributed by atoms with van der Waals surface area (Å²) in [4.78, 5) is 10.9. The minimum atomic E-state index is -2.79. The van der Waals surface area contributed by atoms with Gasteiger partial charge in [-0.3, -0.25) is 0 Å². The predicted molar refractivity (Wildman–Crippen MR) is 66.5 cm³/mol. The van der Waals surface area contributed by atoms with Crippen molar-refractivity contribution in [1.82, 2.24) is 0 Å². The standard InChI is InChI=1S/C13H11BrF2O2/c1-18-11(17)7-6-10-12(13(10,15)16)8-2-4-9(14)5-3-8/h2-7,10,12H,1H3/b7-6+/t10-,12?/m1/s1. The van der Waals surface area contributed by atoms with Crippen LogP contribution >= 0.6 is 15.9 Å². The largest absolute Gasteiger partial charge is 0.466 e. The highest BCUT2D eigenvalue weighted by molar-refractivity contribution is 9.10. The molecule has 1 aromatic rings. The van der Waals surface area contributed by atoms with Crippen molar-refractivity contribution in [3.63, 3.8) is 0 Å². The molecule has 0 heterocycles. The van der Waals surface area contributed by atoms with Crippen molar-refractivity contribution in [2.24, 2.45) is 5.92 Å². The van der Waals surface area contributed by atoms with Gasteiger partial charge in [0.25, 0.3) is 5.92 Å². The topological polar surface area (TPSA) is 26.3 Å². The molecule has 1 aliphatic rings. The average Bonchev–Trinajstić information content (AvgIpc) is 2.89. The van der Waals surface area contributed by atoms with Gasteiger partial charge in [0, 0.05) is 10.5 Å². The molecular formula is C13H11BrF2O2. The summed E-state index contributed by atoms with van der Waals surface area (Å²) < 4.78 is 32.4. The summed E-state index contributed by atoms with van der Waals surface area (Å²) in [5.41, 5.74) is 0.572. The van der Waals surface area contributed by atoms with Crippen LogP contribution in [0.4, 0.5) is 8.78 Å². The summed E-state index contributed by atoms with van der Waals surface area (Å²) in [6.07, 6.45) is 2.27. The van der Waals surface area contributed by atoms with E-state index < -0.39 is 23.7 Å². The molecule has 0 aromatic heterocycles. The molecular weight excluding hydrogens is 306 g/mol. The third kappa shape index (κ3) is 2.46. The van der Waals surface area contributed by atoms with Crippen LogP contribution in [0.2, 0.25) is 0 Å². The molecule has 2 atom stereocenters. The number of carbonyl (C=O) groups excluding carboxylic acids is 1. The lowest BCUT2D eigenvalue weighted by molar-refractivity contribution is -0.134. The number of ether oxygens (including phenoxy) is 1. The van der Waals surface area contributed by atoms with Gasteiger partial charge in [-0.2, -0.15) is 0 Å². The van der Waals surface area contributed by atoms with Gasteiger partial charge in [0.05, 0.1) is 18.9 Å². The fraction of sp³-hybridized carbons (Fsp3) is 0.308. The van der Waals surface area contributed by atoms with Crippen LogP contribution in [-0.2, 0) is 9.53 Å². The van der Waals surface area contributed by atoms with Crippen molar-refractivity contribution in [3.8, 4) is 0 Å². The van der Waals surface area contributed by atoms with E-state index in [2.05, 4.69) is 20.7 Å². The van der Waals surface area contributed by atoms with Crippen LogP contribution in [0.5, 0.6) is 0 Å². The second kappa shape index (κ2) is 4.80. The molecule has 1 aromatic carbocycles. The van der Waals surface area contributed by atoms with Crippen molar-refractivity contribution in [2.75, 3.05) is 7.11 Å². The van der Waals surface area contributed by atoms with Gasteiger partial charge < -0.3 is 4.74 Å². The smallest absolute Gasteiger partial charge is 0.330 e. The maximum absolute atomic E-state index is 13.6. The fourth-order valence-corrected chi connectivity index (χ4v) is 2.20. The van der Waals surface area contributed by atoms with Crippen molar-refractivity contribution >= 4 is 21.9 Å². The van der Waals surface area contributed by atoms with E-state index >= 15 is 0 Å². The Hall–Kier alpha value is -1.23. The number of benzene rings is 1. The van der Waals surface area contributed by atoms with Gasteiger partial charge in [-0.15, -0.1) is 0 Å². The number of allylic oxidation sites excluding steroid dienone is 1. The summed E-state index contributed by atoms with van der Waals surface area (Å²) in [6.45, 7) is 0. The van der Waals surface area contributed by atoms with Crippen molar-refractivity contribution < 1.29 is 18.3 Å². The van der Waals surface area contributed by atoms with Gasteiger partial charge in [0.2, 0.25) is 0 Å². The van der Waals surface area contributed by atoms with Crippen LogP contribution < -0.4 is 0 Å². The first-order chi connectivity index (χ1) is 8.46. The number of alkyl halides is 2. The van der Waals surface area contributed by atoms with E-state index in [1.54, 1.807) is 24.3 Å². The van der Waals surface area contributed by atoms with Gasteiger partial charge in [-0.05, 0) is 17.7 Å². The molecule has 2 rings (SSSR count). The normalized spacial score (nSPS) is 25.1. The minimum Gasteiger partial charge on any atom is -0.466 e. The van der Waals surface area contributed by atoms with Crippen molar-refractivity contribution in [2.45, 2.75) is 11.8 Å². The summed E-state index contributed by atoms with van der Waals surface area (Å²) >= 11 is 3.26. The highest BCUT2D eigenvalue weighted by atomic mass is 79.9. The van der Waals surface area contributed by atoms with Gasteiger partial charge in [0.15, 0.2) is 0 Å². The first-order valence-electron chi connectivity index (χ1n) is 5.36. The lowest BCUT2D eigenvalue weighted by atomic mass is 10.1. The highest BCUT2D eigenvalue weighted by Gasteiger charge is 2.67. The number of hydrogen-bond donors (Lipinski definition) is 0. The van der Waals surface area contributed by atoms with E-state index in [0.29, 0.717) is 5.56 Å². The lowest BCUT2D eigenvalue weighted by Gasteiger charge is -1.98. The van der Waals surface area contributed by atoms with E-state index in [9.17, 15) is 13.6 Å². The molecule has 2 nitrogen and oxygen atoms in total. The molecule has 1 fully saturated rings. The Morgan fingerprint density at radius 2 is 2.00 bits per heavy atom. The van der Waals surface area contributed by atoms with Gasteiger partial charge >= 0.3 is 5.97 Å². The first kappa shape index (κ1) is 13.2.